The zero-order valence-corrected chi connectivity index (χ0v) is 20.3. The van der Waals surface area contributed by atoms with Gasteiger partial charge in [-0.25, -0.2) is 15.0 Å². The summed E-state index contributed by atoms with van der Waals surface area (Å²) < 4.78 is 8.17. The van der Waals surface area contributed by atoms with Gasteiger partial charge in [0.25, 0.3) is 0 Å². The lowest BCUT2D eigenvalue weighted by atomic mass is 10.1. The van der Waals surface area contributed by atoms with Crippen LogP contribution in [0.3, 0.4) is 0 Å². The van der Waals surface area contributed by atoms with E-state index >= 15 is 0 Å². The molecular formula is C27H25N9O. The number of hydrogen-bond donors (Lipinski definition) is 3. The topological polar surface area (TPSA) is 122 Å². The predicted octanol–water partition coefficient (Wildman–Crippen LogP) is 4.19. The molecular weight excluding hydrogens is 466 g/mol. The van der Waals surface area contributed by atoms with Gasteiger partial charge < -0.3 is 19.6 Å². The van der Waals surface area contributed by atoms with Gasteiger partial charge >= 0.3 is 0 Å². The van der Waals surface area contributed by atoms with Crippen LogP contribution in [0, 0.1) is 6.92 Å². The van der Waals surface area contributed by atoms with Crippen LogP contribution in [0.15, 0.2) is 61.3 Å². The normalized spacial score (nSPS) is 14.5. The molecule has 0 bridgehead atoms. The summed E-state index contributed by atoms with van der Waals surface area (Å²) in [5.74, 6) is 1.41. The van der Waals surface area contributed by atoms with Gasteiger partial charge in [0.05, 0.1) is 40.6 Å². The lowest BCUT2D eigenvalue weighted by Gasteiger charge is -2.23. The van der Waals surface area contributed by atoms with E-state index in [1.807, 2.05) is 60.3 Å². The van der Waals surface area contributed by atoms with Crippen LogP contribution in [0.25, 0.3) is 50.5 Å². The Morgan fingerprint density at radius 2 is 1.92 bits per heavy atom. The van der Waals surface area contributed by atoms with E-state index in [4.69, 9.17) is 14.7 Å². The Hall–Kier alpha value is -4.57. The summed E-state index contributed by atoms with van der Waals surface area (Å²) in [7, 11) is 0. The molecule has 0 amide bonds. The maximum Gasteiger partial charge on any atom is 0.161 e. The van der Waals surface area contributed by atoms with Crippen LogP contribution < -0.4 is 10.1 Å². The van der Waals surface area contributed by atoms with Gasteiger partial charge in [0, 0.05) is 18.0 Å². The van der Waals surface area contributed by atoms with Crippen molar-refractivity contribution in [2.45, 2.75) is 25.9 Å². The first-order valence-electron chi connectivity index (χ1n) is 12.4. The van der Waals surface area contributed by atoms with Crippen LogP contribution in [0.5, 0.6) is 5.75 Å². The van der Waals surface area contributed by atoms with Gasteiger partial charge in [-0.2, -0.15) is 5.10 Å². The molecule has 0 unspecified atom stereocenters. The number of nitrogens with one attached hydrogen (secondary N) is 3. The molecule has 6 heterocycles. The van der Waals surface area contributed by atoms with Crippen LogP contribution in [-0.2, 0) is 0 Å². The molecule has 3 N–H and O–H groups in total. The largest absolute Gasteiger partial charge is 0.489 e. The molecule has 0 saturated carbocycles. The second kappa shape index (κ2) is 8.82. The highest BCUT2D eigenvalue weighted by atomic mass is 16.5. The predicted molar refractivity (Wildman–Crippen MR) is 141 cm³/mol. The highest BCUT2D eigenvalue weighted by Gasteiger charge is 2.18. The maximum absolute atomic E-state index is 6.20. The molecule has 1 aromatic carbocycles. The van der Waals surface area contributed by atoms with Crippen molar-refractivity contribution < 1.29 is 4.74 Å². The molecule has 10 nitrogen and oxygen atoms in total. The fraction of sp³-hybridized carbons (Fsp3) is 0.222. The second-order valence-corrected chi connectivity index (χ2v) is 9.32. The van der Waals surface area contributed by atoms with Crippen molar-refractivity contribution in [1.29, 1.82) is 0 Å². The Morgan fingerprint density at radius 1 is 1.00 bits per heavy atom. The Bertz CT molecular complexity index is 1720. The van der Waals surface area contributed by atoms with Gasteiger partial charge in [0.2, 0.25) is 0 Å². The molecule has 1 aliphatic heterocycles. The number of aryl methyl sites for hydroxylation is 1. The van der Waals surface area contributed by atoms with Crippen molar-refractivity contribution in [3.8, 4) is 34.2 Å². The minimum Gasteiger partial charge on any atom is -0.489 e. The molecule has 6 aromatic rings. The summed E-state index contributed by atoms with van der Waals surface area (Å²) >= 11 is 0. The number of ether oxygens (including phenoxy) is 1. The molecule has 1 fully saturated rings. The first kappa shape index (κ1) is 21.7. The Morgan fingerprint density at radius 3 is 2.78 bits per heavy atom. The second-order valence-electron chi connectivity index (χ2n) is 9.32. The standard InChI is InChI=1S/C27H25N9O/c1-16-14-36(15-30-16)23-4-2-3-21-24(23)33-27(32-21)26-25-22(34-35-26)6-5-20(31-25)17-11-19(13-29-12-17)37-18-7-9-28-10-8-18/h2-6,11-15,18,28H,7-10H2,1H3,(H,32,33)(H,34,35). The Balaban J connectivity index is 1.26. The van der Waals surface area contributed by atoms with E-state index in [1.165, 1.54) is 0 Å². The van der Waals surface area contributed by atoms with Gasteiger partial charge in [-0.1, -0.05) is 6.07 Å². The number of nitrogens with zero attached hydrogens (tertiary/aromatic N) is 6. The minimum absolute atomic E-state index is 0.207. The SMILES string of the molecule is Cc1cn(-c2cccc3[nH]c(-c4n[nH]c5ccc(-c6cncc(OC7CCNCC7)c6)nc45)nc23)cn1. The third kappa shape index (κ3) is 4.01. The fourth-order valence-corrected chi connectivity index (χ4v) is 4.84. The number of pyridine rings is 2. The average molecular weight is 492 g/mol. The average Bonchev–Trinajstić information content (AvgIpc) is 3.66. The van der Waals surface area contributed by atoms with Crippen molar-refractivity contribution in [3.05, 3.63) is 67.0 Å². The number of aromatic nitrogens is 8. The number of fused-ring (bicyclic) bond motifs is 2. The summed E-state index contributed by atoms with van der Waals surface area (Å²) in [5, 5.41) is 11.0. The molecule has 0 radical (unpaired) electrons. The lowest BCUT2D eigenvalue weighted by Crippen LogP contribution is -2.34. The van der Waals surface area contributed by atoms with Gasteiger partial charge in [-0.05, 0) is 63.2 Å². The van der Waals surface area contributed by atoms with Gasteiger partial charge in [0.15, 0.2) is 11.5 Å². The molecule has 1 aliphatic rings. The van der Waals surface area contributed by atoms with E-state index in [2.05, 4.69) is 30.5 Å². The minimum atomic E-state index is 0.207. The fourth-order valence-electron chi connectivity index (χ4n) is 4.84. The number of hydrogen-bond acceptors (Lipinski definition) is 7. The first-order chi connectivity index (χ1) is 18.2. The van der Waals surface area contributed by atoms with Crippen molar-refractivity contribution in [3.63, 3.8) is 0 Å². The van der Waals surface area contributed by atoms with Crippen molar-refractivity contribution in [2.24, 2.45) is 0 Å². The monoisotopic (exact) mass is 491 g/mol. The molecule has 7 rings (SSSR count). The number of benzene rings is 1. The van der Waals surface area contributed by atoms with E-state index < -0.39 is 0 Å². The van der Waals surface area contributed by atoms with Crippen molar-refractivity contribution in [1.82, 2.24) is 45.0 Å². The maximum atomic E-state index is 6.20. The number of rotatable bonds is 5. The number of piperidine rings is 1. The van der Waals surface area contributed by atoms with Gasteiger partial charge in [-0.3, -0.25) is 10.1 Å². The quantitative estimate of drug-likeness (QED) is 0.331. The smallest absolute Gasteiger partial charge is 0.161 e. The number of imidazole rings is 2. The third-order valence-corrected chi connectivity index (χ3v) is 6.71. The molecule has 0 spiro atoms. The summed E-state index contributed by atoms with van der Waals surface area (Å²) in [6.07, 6.45) is 9.55. The van der Waals surface area contributed by atoms with Crippen molar-refractivity contribution >= 4 is 22.1 Å². The number of aromatic amines is 2. The van der Waals surface area contributed by atoms with Gasteiger partial charge in [0.1, 0.15) is 22.9 Å². The summed E-state index contributed by atoms with van der Waals surface area (Å²) in [5.41, 5.74) is 7.57. The van der Waals surface area contributed by atoms with E-state index in [1.54, 1.807) is 12.5 Å². The van der Waals surface area contributed by atoms with Crippen LogP contribution in [0.1, 0.15) is 18.5 Å². The molecule has 10 heteroatoms. The van der Waals surface area contributed by atoms with Crippen molar-refractivity contribution in [2.75, 3.05) is 13.1 Å². The molecule has 0 aliphatic carbocycles. The molecule has 184 valence electrons. The zero-order valence-electron chi connectivity index (χ0n) is 20.3. The zero-order chi connectivity index (χ0) is 24.8. The highest BCUT2D eigenvalue weighted by Crippen LogP contribution is 2.30. The molecule has 37 heavy (non-hydrogen) atoms. The molecule has 5 aromatic heterocycles. The van der Waals surface area contributed by atoms with E-state index in [-0.39, 0.29) is 6.10 Å². The number of para-hydroxylation sites is 1. The molecule has 0 atom stereocenters. The molecule has 1 saturated heterocycles. The summed E-state index contributed by atoms with van der Waals surface area (Å²) in [6, 6.07) is 12.0. The summed E-state index contributed by atoms with van der Waals surface area (Å²) in [6.45, 7) is 3.92. The van der Waals surface area contributed by atoms with Gasteiger partial charge in [-0.15, -0.1) is 0 Å². The van der Waals surface area contributed by atoms with Crippen LogP contribution in [0.4, 0.5) is 0 Å². The van der Waals surface area contributed by atoms with E-state index in [9.17, 15) is 0 Å². The Labute approximate surface area is 212 Å². The van der Waals surface area contributed by atoms with Crippen LogP contribution in [-0.4, -0.2) is 58.9 Å². The Kier molecular flexibility index (Phi) is 5.17. The van der Waals surface area contributed by atoms with E-state index in [0.29, 0.717) is 11.5 Å². The van der Waals surface area contributed by atoms with Crippen LogP contribution in [0.2, 0.25) is 0 Å². The van der Waals surface area contributed by atoms with Crippen LogP contribution >= 0.6 is 0 Å². The summed E-state index contributed by atoms with van der Waals surface area (Å²) in [4.78, 5) is 22.0. The van der Waals surface area contributed by atoms with E-state index in [0.717, 1.165) is 76.4 Å². The first-order valence-corrected chi connectivity index (χ1v) is 12.4. The highest BCUT2D eigenvalue weighted by molar-refractivity contribution is 5.93. The number of H-pyrrole nitrogens is 2. The lowest BCUT2D eigenvalue weighted by molar-refractivity contribution is 0.162. The third-order valence-electron chi connectivity index (χ3n) is 6.71.